The number of nitrogens with one attached hydrogen (secondary N) is 2. The smallest absolute Gasteiger partial charge is 0.229 e. The Morgan fingerprint density at radius 3 is 2.66 bits per heavy atom. The summed E-state index contributed by atoms with van der Waals surface area (Å²) in [7, 11) is -3.40. The van der Waals surface area contributed by atoms with Crippen LogP contribution in [0.4, 0.5) is 5.69 Å². The summed E-state index contributed by atoms with van der Waals surface area (Å²) in [6.07, 6.45) is 7.94. The maximum absolute atomic E-state index is 11.9. The Balaban J connectivity index is 0.00000194. The lowest BCUT2D eigenvalue weighted by molar-refractivity contribution is 0.295. The highest BCUT2D eigenvalue weighted by molar-refractivity contribution is 7.92. The van der Waals surface area contributed by atoms with E-state index in [1.165, 1.54) is 0 Å². The first-order valence-corrected chi connectivity index (χ1v) is 15.4. The fourth-order valence-corrected chi connectivity index (χ4v) is 6.35. The summed E-state index contributed by atoms with van der Waals surface area (Å²) >= 11 is 0. The van der Waals surface area contributed by atoms with Crippen molar-refractivity contribution < 1.29 is 13.2 Å². The summed E-state index contributed by atoms with van der Waals surface area (Å²) in [6, 6.07) is 16.0. The van der Waals surface area contributed by atoms with Crippen LogP contribution in [0.2, 0.25) is 0 Å². The first-order chi connectivity index (χ1) is 18.9. The number of hydrogen-bond acceptors (Lipinski definition) is 6. The number of fused-ring (bicyclic) bond motifs is 3. The van der Waals surface area contributed by atoms with Crippen molar-refractivity contribution in [2.75, 3.05) is 24.1 Å². The Labute approximate surface area is 253 Å². The number of hydrogen-bond donors (Lipinski definition) is 2. The molecule has 2 aliphatic heterocycles. The molecule has 6 rings (SSSR count). The number of rotatable bonds is 6. The lowest BCUT2D eigenvalue weighted by Crippen LogP contribution is -2.30. The zero-order chi connectivity index (χ0) is 27.0. The van der Waals surface area contributed by atoms with Crippen LogP contribution in [-0.4, -0.2) is 42.5 Å². The molecule has 11 heteroatoms. The Bertz CT molecular complexity index is 1680. The summed E-state index contributed by atoms with van der Waals surface area (Å²) in [4.78, 5) is 4.57. The highest BCUT2D eigenvalue weighted by Crippen LogP contribution is 2.43. The summed E-state index contributed by atoms with van der Waals surface area (Å²) in [5.74, 6) is 1.22. The molecule has 0 bridgehead atoms. The molecule has 2 aliphatic rings. The van der Waals surface area contributed by atoms with Crippen LogP contribution in [0.15, 0.2) is 60.9 Å². The van der Waals surface area contributed by atoms with Gasteiger partial charge in [0.1, 0.15) is 6.61 Å². The summed E-state index contributed by atoms with van der Waals surface area (Å²) < 4.78 is 34.9. The van der Waals surface area contributed by atoms with Gasteiger partial charge in [-0.3, -0.25) is 9.40 Å². The molecule has 2 aromatic heterocycles. The minimum absolute atomic E-state index is 0. The van der Waals surface area contributed by atoms with Crippen LogP contribution in [0, 0.1) is 5.92 Å². The predicted octanol–water partition coefficient (Wildman–Crippen LogP) is 5.91. The van der Waals surface area contributed by atoms with Gasteiger partial charge < -0.3 is 10.1 Å². The highest BCUT2D eigenvalue weighted by atomic mass is 35.5. The minimum Gasteiger partial charge on any atom is -0.472 e. The topological polar surface area (TPSA) is 98.1 Å². The number of benzene rings is 2. The van der Waals surface area contributed by atoms with E-state index in [1.807, 2.05) is 36.5 Å². The maximum Gasteiger partial charge on any atom is 0.229 e. The number of ether oxygens (including phenoxy) is 1. The van der Waals surface area contributed by atoms with Gasteiger partial charge in [-0.15, -0.1) is 24.8 Å². The van der Waals surface area contributed by atoms with E-state index >= 15 is 0 Å². The number of pyridine rings is 1. The molecular formula is C30H35Cl2N5O3S. The number of anilines is 1. The second-order valence-corrected chi connectivity index (χ2v) is 12.1. The standard InChI is InChI=1S/C30H33N5O3S.2ClH/c1-3-25(21-6-4-7-24(14-21)34-39(2,36)37)29-26-8-5-11-32-30(26)38-19-23-16-28-22(15-27(23)29)17-33-35(28)18-20-9-12-31-13-10-20;;/h4-8,11,14-17,20,31,34H,3,9-10,12-13,18-19H2,1-2H3;2*1H/b29-25+;;. The fraction of sp³-hybridized carbons (Fsp3) is 0.333. The van der Waals surface area contributed by atoms with E-state index < -0.39 is 10.0 Å². The lowest BCUT2D eigenvalue weighted by Gasteiger charge is -2.23. The first kappa shape index (κ1) is 30.8. The monoisotopic (exact) mass is 615 g/mol. The number of allylic oxidation sites excluding steroid dienone is 1. The average Bonchev–Trinajstić information content (AvgIpc) is 3.23. The van der Waals surface area contributed by atoms with Crippen LogP contribution in [0.3, 0.4) is 0 Å². The molecule has 2 aromatic carbocycles. The summed E-state index contributed by atoms with van der Waals surface area (Å²) in [5, 5.41) is 9.32. The Kier molecular flexibility index (Phi) is 9.64. The lowest BCUT2D eigenvalue weighted by atomic mass is 9.86. The Morgan fingerprint density at radius 2 is 1.90 bits per heavy atom. The molecule has 0 radical (unpaired) electrons. The number of sulfonamides is 1. The Morgan fingerprint density at radius 1 is 1.10 bits per heavy atom. The van der Waals surface area contributed by atoms with E-state index in [0.717, 1.165) is 89.5 Å². The third-order valence-electron chi connectivity index (χ3n) is 7.60. The van der Waals surface area contributed by atoms with Crippen molar-refractivity contribution in [3.05, 3.63) is 83.2 Å². The number of nitrogens with zero attached hydrogens (tertiary/aromatic N) is 3. The van der Waals surface area contributed by atoms with Gasteiger partial charge in [-0.1, -0.05) is 19.1 Å². The molecule has 4 heterocycles. The molecule has 0 saturated carbocycles. The predicted molar refractivity (Wildman–Crippen MR) is 170 cm³/mol. The molecular weight excluding hydrogens is 581 g/mol. The molecule has 218 valence electrons. The molecule has 1 saturated heterocycles. The van der Waals surface area contributed by atoms with E-state index in [2.05, 4.69) is 38.8 Å². The first-order valence-electron chi connectivity index (χ1n) is 13.5. The molecule has 2 N–H and O–H groups in total. The minimum atomic E-state index is -3.40. The van der Waals surface area contributed by atoms with E-state index in [4.69, 9.17) is 9.84 Å². The van der Waals surface area contributed by atoms with E-state index in [0.29, 0.717) is 24.1 Å². The molecule has 0 spiro atoms. The van der Waals surface area contributed by atoms with Crippen LogP contribution < -0.4 is 14.8 Å². The normalized spacial score (nSPS) is 16.3. The fourth-order valence-electron chi connectivity index (χ4n) is 5.80. The van der Waals surface area contributed by atoms with Crippen LogP contribution in [0.1, 0.15) is 48.4 Å². The molecule has 0 amide bonds. The number of halogens is 2. The van der Waals surface area contributed by atoms with E-state index in [9.17, 15) is 8.42 Å². The third-order valence-corrected chi connectivity index (χ3v) is 8.21. The largest absolute Gasteiger partial charge is 0.472 e. The molecule has 41 heavy (non-hydrogen) atoms. The van der Waals surface area contributed by atoms with Crippen molar-refractivity contribution in [1.29, 1.82) is 0 Å². The van der Waals surface area contributed by atoms with Gasteiger partial charge in [-0.05, 0) is 103 Å². The van der Waals surface area contributed by atoms with Gasteiger partial charge in [0.25, 0.3) is 0 Å². The Hall–Kier alpha value is -3.11. The van der Waals surface area contributed by atoms with Crippen molar-refractivity contribution in [1.82, 2.24) is 20.1 Å². The molecule has 0 aliphatic carbocycles. The molecule has 0 unspecified atom stereocenters. The molecule has 1 fully saturated rings. The van der Waals surface area contributed by atoms with Crippen molar-refractivity contribution in [3.8, 4) is 5.88 Å². The van der Waals surface area contributed by atoms with Gasteiger partial charge in [0.2, 0.25) is 15.9 Å². The highest BCUT2D eigenvalue weighted by Gasteiger charge is 2.25. The summed E-state index contributed by atoms with van der Waals surface area (Å²) in [6.45, 7) is 5.57. The van der Waals surface area contributed by atoms with Crippen LogP contribution in [0.25, 0.3) is 22.0 Å². The third kappa shape index (κ3) is 6.54. The van der Waals surface area contributed by atoms with Crippen LogP contribution in [0.5, 0.6) is 5.88 Å². The molecule has 0 atom stereocenters. The van der Waals surface area contributed by atoms with Crippen molar-refractivity contribution in [3.63, 3.8) is 0 Å². The second kappa shape index (κ2) is 12.8. The number of piperidine rings is 1. The van der Waals surface area contributed by atoms with Crippen molar-refractivity contribution in [2.45, 2.75) is 39.3 Å². The van der Waals surface area contributed by atoms with Crippen molar-refractivity contribution >= 4 is 62.6 Å². The van der Waals surface area contributed by atoms with Gasteiger partial charge in [0, 0.05) is 29.4 Å². The van der Waals surface area contributed by atoms with E-state index in [-0.39, 0.29) is 24.8 Å². The quantitative estimate of drug-likeness (QED) is 0.280. The zero-order valence-corrected chi connectivity index (χ0v) is 25.5. The SMILES string of the molecule is CC/C(=C1\c2cc3cnn(CC4CCNCC4)c3cc2COc2ncccc21)c1cccc(NS(C)(=O)=O)c1.Cl.Cl. The number of aromatic nitrogens is 3. The summed E-state index contributed by atoms with van der Waals surface area (Å²) in [5.41, 5.74) is 7.85. The molecule has 4 aromatic rings. The van der Waals surface area contributed by atoms with Gasteiger partial charge in [-0.2, -0.15) is 5.10 Å². The molecule has 8 nitrogen and oxygen atoms in total. The van der Waals surface area contributed by atoms with Crippen LogP contribution in [-0.2, 0) is 23.2 Å². The van der Waals surface area contributed by atoms with Gasteiger partial charge >= 0.3 is 0 Å². The van der Waals surface area contributed by atoms with Gasteiger partial charge in [-0.25, -0.2) is 13.4 Å². The average molecular weight is 617 g/mol. The second-order valence-electron chi connectivity index (χ2n) is 10.4. The van der Waals surface area contributed by atoms with E-state index in [1.54, 1.807) is 12.3 Å². The van der Waals surface area contributed by atoms with Gasteiger partial charge in [0.05, 0.1) is 18.0 Å². The maximum atomic E-state index is 11.9. The van der Waals surface area contributed by atoms with Gasteiger partial charge in [0.15, 0.2) is 0 Å². The van der Waals surface area contributed by atoms with Crippen molar-refractivity contribution in [2.24, 2.45) is 5.92 Å². The zero-order valence-electron chi connectivity index (χ0n) is 23.1. The van der Waals surface area contributed by atoms with Crippen LogP contribution >= 0.6 is 24.8 Å².